The van der Waals surface area contributed by atoms with E-state index in [1.165, 1.54) is 28.7 Å². The van der Waals surface area contributed by atoms with Gasteiger partial charge in [-0.2, -0.15) is 0 Å². The van der Waals surface area contributed by atoms with Crippen LogP contribution < -0.4 is 0 Å². The fourth-order valence-corrected chi connectivity index (χ4v) is 2.59. The molecule has 0 saturated heterocycles. The van der Waals surface area contributed by atoms with Gasteiger partial charge < -0.3 is 0 Å². The quantitative estimate of drug-likeness (QED) is 0.664. The van der Waals surface area contributed by atoms with Crippen molar-refractivity contribution in [2.45, 2.75) is 12.3 Å². The molecule has 74 valence electrons. The van der Waals surface area contributed by atoms with Crippen LogP contribution in [0.2, 0.25) is 0 Å². The lowest BCUT2D eigenvalue weighted by Crippen LogP contribution is -1.97. The molecule has 3 rings (SSSR count). The molecule has 0 spiro atoms. The van der Waals surface area contributed by atoms with Crippen molar-refractivity contribution < 1.29 is 0 Å². The van der Waals surface area contributed by atoms with Crippen molar-refractivity contribution >= 4 is 18.2 Å². The first-order valence-electron chi connectivity index (χ1n) is 5.45. The highest BCUT2D eigenvalue weighted by Gasteiger charge is 2.39. The van der Waals surface area contributed by atoms with Crippen LogP contribution in [0, 0.1) is 5.92 Å². The molecule has 1 aromatic carbocycles. The van der Waals surface area contributed by atoms with Gasteiger partial charge in [-0.25, -0.2) is 0 Å². The Labute approximate surface area is 90.6 Å². The molecule has 1 aromatic rings. The van der Waals surface area contributed by atoms with Crippen molar-refractivity contribution in [3.63, 3.8) is 0 Å². The van der Waals surface area contributed by atoms with Crippen molar-refractivity contribution in [3.8, 4) is 0 Å². The molecule has 15 heavy (non-hydrogen) atoms. The van der Waals surface area contributed by atoms with E-state index in [1.807, 2.05) is 12.2 Å². The molecule has 1 fully saturated rings. The lowest BCUT2D eigenvalue weighted by atomic mass is 9.90. The van der Waals surface area contributed by atoms with E-state index in [0.29, 0.717) is 0 Å². The summed E-state index contributed by atoms with van der Waals surface area (Å²) in [6, 6.07) is 4.42. The third kappa shape index (κ3) is 1.14. The smallest absolute Gasteiger partial charge is 0.00867 e. The molecule has 0 aliphatic heterocycles. The third-order valence-corrected chi connectivity index (χ3v) is 3.53. The van der Waals surface area contributed by atoms with Crippen LogP contribution in [0.5, 0.6) is 0 Å². The van der Waals surface area contributed by atoms with Gasteiger partial charge in [-0.3, -0.25) is 0 Å². The summed E-state index contributed by atoms with van der Waals surface area (Å²) in [7, 11) is 0. The first-order valence-corrected chi connectivity index (χ1v) is 5.45. The van der Waals surface area contributed by atoms with Crippen molar-refractivity contribution in [1.82, 2.24) is 0 Å². The molecule has 2 unspecified atom stereocenters. The Morgan fingerprint density at radius 1 is 1.20 bits per heavy atom. The van der Waals surface area contributed by atoms with Gasteiger partial charge in [-0.15, -0.1) is 0 Å². The van der Waals surface area contributed by atoms with Gasteiger partial charge in [0.05, 0.1) is 0 Å². The molecular formula is C15H14. The maximum absolute atomic E-state index is 3.90. The van der Waals surface area contributed by atoms with Gasteiger partial charge in [0, 0.05) is 0 Å². The van der Waals surface area contributed by atoms with E-state index in [9.17, 15) is 0 Å². The molecular weight excluding hydrogens is 180 g/mol. The molecule has 0 nitrogen and oxygen atoms in total. The normalized spacial score (nSPS) is 25.3. The summed E-state index contributed by atoms with van der Waals surface area (Å²) in [4.78, 5) is 0. The highest BCUT2D eigenvalue weighted by Crippen LogP contribution is 2.53. The van der Waals surface area contributed by atoms with Crippen molar-refractivity contribution in [3.05, 3.63) is 53.6 Å². The molecule has 0 bridgehead atoms. The topological polar surface area (TPSA) is 0 Å². The highest BCUT2D eigenvalue weighted by molar-refractivity contribution is 5.77. The van der Waals surface area contributed by atoms with Crippen LogP contribution >= 0.6 is 0 Å². The first kappa shape index (κ1) is 8.72. The van der Waals surface area contributed by atoms with Crippen LogP contribution in [0.25, 0.3) is 18.2 Å². The lowest BCUT2D eigenvalue weighted by Gasteiger charge is -2.15. The number of hydrogen-bond donors (Lipinski definition) is 0. The maximum atomic E-state index is 3.90. The Bertz CT molecular complexity index is 477. The predicted octanol–water partition coefficient (Wildman–Crippen LogP) is 4.10. The fraction of sp³-hybridized carbons (Fsp3) is 0.200. The van der Waals surface area contributed by atoms with Crippen molar-refractivity contribution in [2.24, 2.45) is 5.92 Å². The van der Waals surface area contributed by atoms with E-state index in [0.717, 1.165) is 11.8 Å². The lowest BCUT2D eigenvalue weighted by molar-refractivity contribution is 0.994. The average Bonchev–Trinajstić information content (AvgIpc) is 3.06. The first-order chi connectivity index (χ1) is 7.35. The second-order valence-corrected chi connectivity index (χ2v) is 4.34. The van der Waals surface area contributed by atoms with Gasteiger partial charge >= 0.3 is 0 Å². The summed E-state index contributed by atoms with van der Waals surface area (Å²) in [5, 5.41) is 0. The minimum atomic E-state index is 0.780. The standard InChI is InChI=1S/C15H14/c1-3-10-5-7-14-13(12(10)4-2)8-6-11-9-15(11)14/h3-8,11,15H,1-2,9H2. The monoisotopic (exact) mass is 194 g/mol. The minimum absolute atomic E-state index is 0.780. The Kier molecular flexibility index (Phi) is 1.72. The van der Waals surface area contributed by atoms with Crippen LogP contribution in [0.4, 0.5) is 0 Å². The minimum Gasteiger partial charge on any atom is -0.0984 e. The van der Waals surface area contributed by atoms with Crippen LogP contribution in [-0.4, -0.2) is 0 Å². The summed E-state index contributed by atoms with van der Waals surface area (Å²) in [6.45, 7) is 7.75. The molecule has 2 aliphatic carbocycles. The predicted molar refractivity (Wildman–Crippen MR) is 66.5 cm³/mol. The SMILES string of the molecule is C=Cc1ccc2c(c1C=C)C=CC1CC21. The van der Waals surface area contributed by atoms with Gasteiger partial charge in [0.25, 0.3) is 0 Å². The van der Waals surface area contributed by atoms with Gasteiger partial charge in [0.15, 0.2) is 0 Å². The Balaban J connectivity index is 2.27. The Morgan fingerprint density at radius 2 is 2.07 bits per heavy atom. The molecule has 0 heteroatoms. The van der Waals surface area contributed by atoms with Gasteiger partial charge in [-0.05, 0) is 40.5 Å². The zero-order chi connectivity index (χ0) is 10.4. The largest absolute Gasteiger partial charge is 0.0984 e. The number of rotatable bonds is 2. The molecule has 2 atom stereocenters. The summed E-state index contributed by atoms with van der Waals surface area (Å²) in [6.07, 6.45) is 9.78. The van der Waals surface area contributed by atoms with E-state index < -0.39 is 0 Å². The van der Waals surface area contributed by atoms with E-state index >= 15 is 0 Å². The Hall–Kier alpha value is -1.56. The van der Waals surface area contributed by atoms with Crippen molar-refractivity contribution in [1.29, 1.82) is 0 Å². The third-order valence-electron chi connectivity index (χ3n) is 3.53. The maximum Gasteiger partial charge on any atom is -0.00867 e. The number of benzene rings is 1. The van der Waals surface area contributed by atoms with Gasteiger partial charge in [-0.1, -0.05) is 49.6 Å². The van der Waals surface area contributed by atoms with E-state index in [4.69, 9.17) is 0 Å². The molecule has 2 aliphatic rings. The second kappa shape index (κ2) is 2.96. The van der Waals surface area contributed by atoms with Gasteiger partial charge in [0.2, 0.25) is 0 Å². The molecule has 0 N–H and O–H groups in total. The Morgan fingerprint density at radius 3 is 2.80 bits per heavy atom. The van der Waals surface area contributed by atoms with Crippen LogP contribution in [0.3, 0.4) is 0 Å². The highest BCUT2D eigenvalue weighted by atomic mass is 14.4. The fourth-order valence-electron chi connectivity index (χ4n) is 2.59. The molecule has 1 saturated carbocycles. The number of hydrogen-bond acceptors (Lipinski definition) is 0. The summed E-state index contributed by atoms with van der Waals surface area (Å²) < 4.78 is 0. The molecule has 0 heterocycles. The molecule has 0 amide bonds. The molecule has 0 radical (unpaired) electrons. The van der Waals surface area contributed by atoms with E-state index in [-0.39, 0.29) is 0 Å². The second-order valence-electron chi connectivity index (χ2n) is 4.34. The zero-order valence-corrected chi connectivity index (χ0v) is 8.74. The molecule has 0 aromatic heterocycles. The van der Waals surface area contributed by atoms with E-state index in [2.05, 4.69) is 37.4 Å². The van der Waals surface area contributed by atoms with Crippen LogP contribution in [0.1, 0.15) is 34.6 Å². The average molecular weight is 194 g/mol. The zero-order valence-electron chi connectivity index (χ0n) is 8.74. The van der Waals surface area contributed by atoms with Crippen LogP contribution in [0.15, 0.2) is 31.4 Å². The summed E-state index contributed by atoms with van der Waals surface area (Å²) in [5.41, 5.74) is 5.29. The van der Waals surface area contributed by atoms with Gasteiger partial charge in [0.1, 0.15) is 0 Å². The van der Waals surface area contributed by atoms with E-state index in [1.54, 1.807) is 0 Å². The summed E-state index contributed by atoms with van der Waals surface area (Å²) in [5.74, 6) is 1.59. The van der Waals surface area contributed by atoms with Crippen molar-refractivity contribution in [2.75, 3.05) is 0 Å². The number of fused-ring (bicyclic) bond motifs is 3. The van der Waals surface area contributed by atoms with Crippen LogP contribution in [-0.2, 0) is 0 Å². The number of allylic oxidation sites excluding steroid dienone is 1. The summed E-state index contributed by atoms with van der Waals surface area (Å²) >= 11 is 0.